The number of hydrogen-bond acceptors (Lipinski definition) is 5. The lowest BCUT2D eigenvalue weighted by molar-refractivity contribution is -0.138. The molecule has 2 heterocycles. The first-order valence-electron chi connectivity index (χ1n) is 6.79. The highest BCUT2D eigenvalue weighted by Crippen LogP contribution is 2.26. The van der Waals surface area contributed by atoms with E-state index in [0.29, 0.717) is 6.54 Å². The highest BCUT2D eigenvalue weighted by molar-refractivity contribution is 7.13. The molecule has 1 aliphatic rings. The van der Waals surface area contributed by atoms with E-state index in [9.17, 15) is 9.59 Å². The van der Waals surface area contributed by atoms with Crippen molar-refractivity contribution in [1.82, 2.24) is 9.88 Å². The molecule has 3 rings (SSSR count). The molecule has 0 radical (unpaired) electrons. The first kappa shape index (κ1) is 13.8. The number of rotatable bonds is 4. The molecule has 108 valence electrons. The number of amides is 2. The van der Waals surface area contributed by atoms with Crippen LogP contribution < -0.4 is 5.32 Å². The number of thiazole rings is 1. The average molecular weight is 301 g/mol. The molecule has 1 saturated heterocycles. The van der Waals surface area contributed by atoms with Gasteiger partial charge in [-0.25, -0.2) is 4.98 Å². The van der Waals surface area contributed by atoms with E-state index in [0.717, 1.165) is 16.3 Å². The molecule has 1 aromatic heterocycles. The van der Waals surface area contributed by atoms with Crippen molar-refractivity contribution in [2.45, 2.75) is 19.4 Å². The zero-order valence-electron chi connectivity index (χ0n) is 11.6. The molecule has 6 heteroatoms. The Morgan fingerprint density at radius 3 is 2.95 bits per heavy atom. The third-order valence-electron chi connectivity index (χ3n) is 3.44. The van der Waals surface area contributed by atoms with Crippen LogP contribution >= 0.6 is 11.3 Å². The van der Waals surface area contributed by atoms with Crippen molar-refractivity contribution in [3.8, 4) is 10.6 Å². The van der Waals surface area contributed by atoms with Gasteiger partial charge in [0.05, 0.1) is 6.42 Å². The zero-order valence-corrected chi connectivity index (χ0v) is 12.4. The Labute approximate surface area is 126 Å². The summed E-state index contributed by atoms with van der Waals surface area (Å²) in [6, 6.07) is 7.26. The normalized spacial score (nSPS) is 18.3. The molecule has 1 aliphatic heterocycles. The standard InChI is InChI=1S/C15H15N3O2S/c1-2-18-13(19)9-12(15(18)20)17-11-5-3-4-10(8-11)14-16-6-7-21-14/h3-8,12,17H,2,9H2,1H3. The third-order valence-corrected chi connectivity index (χ3v) is 4.27. The molecule has 1 unspecified atom stereocenters. The highest BCUT2D eigenvalue weighted by atomic mass is 32.1. The second-order valence-corrected chi connectivity index (χ2v) is 5.69. The maximum atomic E-state index is 12.1. The van der Waals surface area contributed by atoms with E-state index >= 15 is 0 Å². The fourth-order valence-electron chi connectivity index (χ4n) is 2.44. The summed E-state index contributed by atoms with van der Waals surface area (Å²) < 4.78 is 0. The van der Waals surface area contributed by atoms with Crippen LogP contribution in [0.1, 0.15) is 13.3 Å². The van der Waals surface area contributed by atoms with E-state index in [2.05, 4.69) is 10.3 Å². The minimum Gasteiger partial charge on any atom is -0.373 e. The molecule has 1 N–H and O–H groups in total. The Bertz CT molecular complexity index is 669. The van der Waals surface area contributed by atoms with Crippen LogP contribution in [0.2, 0.25) is 0 Å². The number of nitrogens with zero attached hydrogens (tertiary/aromatic N) is 2. The number of imide groups is 1. The Morgan fingerprint density at radius 2 is 2.29 bits per heavy atom. The highest BCUT2D eigenvalue weighted by Gasteiger charge is 2.37. The van der Waals surface area contributed by atoms with E-state index in [1.807, 2.05) is 29.6 Å². The Hall–Kier alpha value is -2.21. The van der Waals surface area contributed by atoms with Crippen LogP contribution in [0.15, 0.2) is 35.8 Å². The SMILES string of the molecule is CCN1C(=O)CC(Nc2cccc(-c3nccs3)c2)C1=O. The van der Waals surface area contributed by atoms with Gasteiger partial charge in [-0.05, 0) is 19.1 Å². The number of hydrogen-bond donors (Lipinski definition) is 1. The molecule has 0 spiro atoms. The zero-order chi connectivity index (χ0) is 14.8. The van der Waals surface area contributed by atoms with E-state index in [1.54, 1.807) is 24.5 Å². The number of nitrogens with one attached hydrogen (secondary N) is 1. The number of aromatic nitrogens is 1. The molecule has 0 bridgehead atoms. The van der Waals surface area contributed by atoms with Gasteiger partial charge in [0.2, 0.25) is 5.91 Å². The predicted molar refractivity (Wildman–Crippen MR) is 82.0 cm³/mol. The summed E-state index contributed by atoms with van der Waals surface area (Å²) in [4.78, 5) is 29.4. The van der Waals surface area contributed by atoms with Crippen molar-refractivity contribution < 1.29 is 9.59 Å². The van der Waals surface area contributed by atoms with Crippen LogP contribution in [-0.4, -0.2) is 34.3 Å². The molecule has 0 saturated carbocycles. The lowest BCUT2D eigenvalue weighted by Crippen LogP contribution is -2.34. The summed E-state index contributed by atoms with van der Waals surface area (Å²) in [6.07, 6.45) is 1.98. The quantitative estimate of drug-likeness (QED) is 0.881. The summed E-state index contributed by atoms with van der Waals surface area (Å²) in [5, 5.41) is 6.01. The number of likely N-dealkylation sites (N-methyl/N-ethyl adjacent to an activating group) is 1. The molecular formula is C15H15N3O2S. The smallest absolute Gasteiger partial charge is 0.252 e. The number of carbonyl (C=O) groups is 2. The van der Waals surface area contributed by atoms with Crippen molar-refractivity contribution >= 4 is 28.8 Å². The summed E-state index contributed by atoms with van der Waals surface area (Å²) in [5.74, 6) is -0.266. The molecule has 5 nitrogen and oxygen atoms in total. The van der Waals surface area contributed by atoms with E-state index in [1.165, 1.54) is 4.90 Å². The monoisotopic (exact) mass is 301 g/mol. The number of carbonyl (C=O) groups excluding carboxylic acids is 2. The fraction of sp³-hybridized carbons (Fsp3) is 0.267. The van der Waals surface area contributed by atoms with Crippen molar-refractivity contribution in [2.24, 2.45) is 0 Å². The van der Waals surface area contributed by atoms with Gasteiger partial charge in [0.25, 0.3) is 5.91 Å². The van der Waals surface area contributed by atoms with Gasteiger partial charge >= 0.3 is 0 Å². The first-order chi connectivity index (χ1) is 10.2. The predicted octanol–water partition coefficient (Wildman–Crippen LogP) is 2.37. The van der Waals surface area contributed by atoms with Gasteiger partial charge in [0, 0.05) is 29.4 Å². The second-order valence-electron chi connectivity index (χ2n) is 4.80. The van der Waals surface area contributed by atoms with Crippen LogP contribution in [-0.2, 0) is 9.59 Å². The molecular weight excluding hydrogens is 286 g/mol. The molecule has 21 heavy (non-hydrogen) atoms. The Morgan fingerprint density at radius 1 is 1.43 bits per heavy atom. The van der Waals surface area contributed by atoms with Crippen LogP contribution in [0, 0.1) is 0 Å². The van der Waals surface area contributed by atoms with Gasteiger partial charge in [-0.15, -0.1) is 11.3 Å². The Kier molecular flexibility index (Phi) is 3.70. The van der Waals surface area contributed by atoms with Crippen LogP contribution in [0.25, 0.3) is 10.6 Å². The minimum absolute atomic E-state index is 0.115. The second kappa shape index (κ2) is 5.65. The van der Waals surface area contributed by atoms with Crippen LogP contribution in [0.5, 0.6) is 0 Å². The van der Waals surface area contributed by atoms with Gasteiger partial charge in [-0.1, -0.05) is 12.1 Å². The van der Waals surface area contributed by atoms with Gasteiger partial charge in [-0.3, -0.25) is 14.5 Å². The topological polar surface area (TPSA) is 62.3 Å². The van der Waals surface area contributed by atoms with Crippen LogP contribution in [0.4, 0.5) is 5.69 Å². The lowest BCUT2D eigenvalue weighted by atomic mass is 10.1. The van der Waals surface area contributed by atoms with Gasteiger partial charge in [0.1, 0.15) is 11.0 Å². The number of benzene rings is 1. The van der Waals surface area contributed by atoms with Crippen molar-refractivity contribution in [3.05, 3.63) is 35.8 Å². The Balaban J connectivity index is 1.79. The molecule has 1 fully saturated rings. The van der Waals surface area contributed by atoms with E-state index in [-0.39, 0.29) is 18.2 Å². The summed E-state index contributed by atoms with van der Waals surface area (Å²) >= 11 is 1.56. The maximum Gasteiger partial charge on any atom is 0.252 e. The molecule has 1 aromatic carbocycles. The van der Waals surface area contributed by atoms with Gasteiger partial charge < -0.3 is 5.32 Å². The minimum atomic E-state index is -0.469. The number of anilines is 1. The molecule has 2 aromatic rings. The average Bonchev–Trinajstić information content (AvgIpc) is 3.09. The first-order valence-corrected chi connectivity index (χ1v) is 7.67. The van der Waals surface area contributed by atoms with Crippen molar-refractivity contribution in [3.63, 3.8) is 0 Å². The maximum absolute atomic E-state index is 12.1. The summed E-state index contributed by atoms with van der Waals surface area (Å²) in [7, 11) is 0. The van der Waals surface area contributed by atoms with E-state index in [4.69, 9.17) is 0 Å². The lowest BCUT2D eigenvalue weighted by Gasteiger charge is -2.14. The largest absolute Gasteiger partial charge is 0.373 e. The van der Waals surface area contributed by atoms with Crippen molar-refractivity contribution in [1.29, 1.82) is 0 Å². The molecule has 0 aliphatic carbocycles. The molecule has 1 atom stereocenters. The molecule has 2 amide bonds. The van der Waals surface area contributed by atoms with Crippen molar-refractivity contribution in [2.75, 3.05) is 11.9 Å². The summed E-state index contributed by atoms with van der Waals surface area (Å²) in [5.41, 5.74) is 1.82. The van der Waals surface area contributed by atoms with Gasteiger partial charge in [-0.2, -0.15) is 0 Å². The van der Waals surface area contributed by atoms with E-state index < -0.39 is 6.04 Å². The third kappa shape index (κ3) is 2.67. The van der Waals surface area contributed by atoms with Gasteiger partial charge in [0.15, 0.2) is 0 Å². The number of likely N-dealkylation sites (tertiary alicyclic amines) is 1. The van der Waals surface area contributed by atoms with Crippen LogP contribution in [0.3, 0.4) is 0 Å². The fourth-order valence-corrected chi connectivity index (χ4v) is 3.07. The summed E-state index contributed by atoms with van der Waals surface area (Å²) in [6.45, 7) is 2.23.